The first-order valence-corrected chi connectivity index (χ1v) is 4.72. The summed E-state index contributed by atoms with van der Waals surface area (Å²) in [6.45, 7) is 5.24. The van der Waals surface area contributed by atoms with Crippen molar-refractivity contribution in [3.8, 4) is 0 Å². The van der Waals surface area contributed by atoms with Crippen LogP contribution in [-0.4, -0.2) is 60.0 Å². The first-order valence-electron chi connectivity index (χ1n) is 4.72. The normalized spacial score (nSPS) is 11.2. The van der Waals surface area contributed by atoms with Gasteiger partial charge in [0.1, 0.15) is 0 Å². The molecular formula is C9H19NO4. The SMILES string of the molecule is CC(C)N(CCOCCO)CC(=O)O. The van der Waals surface area contributed by atoms with Crippen molar-refractivity contribution in [3.63, 3.8) is 0 Å². The minimum absolute atomic E-state index is 0.000604. The Morgan fingerprint density at radius 2 is 2.07 bits per heavy atom. The molecule has 14 heavy (non-hydrogen) atoms. The molecule has 0 saturated carbocycles. The van der Waals surface area contributed by atoms with Gasteiger partial charge in [-0.25, -0.2) is 0 Å². The molecule has 0 aliphatic heterocycles. The molecule has 0 aliphatic rings. The van der Waals surface area contributed by atoms with Crippen LogP contribution in [0.15, 0.2) is 0 Å². The van der Waals surface area contributed by atoms with Gasteiger partial charge in [-0.2, -0.15) is 0 Å². The van der Waals surface area contributed by atoms with Crippen LogP contribution in [0.25, 0.3) is 0 Å². The predicted octanol–water partition coefficient (Wildman–Crippen LogP) is -0.210. The topological polar surface area (TPSA) is 70.0 Å². The van der Waals surface area contributed by atoms with E-state index in [2.05, 4.69) is 0 Å². The van der Waals surface area contributed by atoms with Crippen molar-refractivity contribution in [3.05, 3.63) is 0 Å². The number of aliphatic carboxylic acids is 1. The van der Waals surface area contributed by atoms with Crippen LogP contribution in [0.4, 0.5) is 0 Å². The summed E-state index contributed by atoms with van der Waals surface area (Å²) >= 11 is 0. The van der Waals surface area contributed by atoms with Gasteiger partial charge in [-0.15, -0.1) is 0 Å². The lowest BCUT2D eigenvalue weighted by Gasteiger charge is -2.24. The third-order valence-electron chi connectivity index (χ3n) is 1.83. The third kappa shape index (κ3) is 6.82. The summed E-state index contributed by atoms with van der Waals surface area (Å²) < 4.78 is 5.06. The molecule has 0 heterocycles. The first kappa shape index (κ1) is 13.4. The monoisotopic (exact) mass is 205 g/mol. The van der Waals surface area contributed by atoms with Gasteiger partial charge in [0.2, 0.25) is 0 Å². The smallest absolute Gasteiger partial charge is 0.317 e. The van der Waals surface area contributed by atoms with Crippen LogP contribution in [0.1, 0.15) is 13.8 Å². The number of hydrogen-bond donors (Lipinski definition) is 2. The lowest BCUT2D eigenvalue weighted by molar-refractivity contribution is -0.139. The standard InChI is InChI=1S/C9H19NO4/c1-8(2)10(7-9(12)13)3-5-14-6-4-11/h8,11H,3-7H2,1-2H3,(H,12,13). The van der Waals surface area contributed by atoms with E-state index in [1.807, 2.05) is 13.8 Å². The van der Waals surface area contributed by atoms with Gasteiger partial charge in [0.05, 0.1) is 26.4 Å². The Hall–Kier alpha value is -0.650. The van der Waals surface area contributed by atoms with Gasteiger partial charge < -0.3 is 14.9 Å². The molecule has 0 bridgehead atoms. The van der Waals surface area contributed by atoms with Gasteiger partial charge in [-0.05, 0) is 13.8 Å². The highest BCUT2D eigenvalue weighted by molar-refractivity contribution is 5.69. The highest BCUT2D eigenvalue weighted by atomic mass is 16.5. The van der Waals surface area contributed by atoms with Crippen molar-refractivity contribution < 1.29 is 19.7 Å². The molecule has 0 rings (SSSR count). The summed E-state index contributed by atoms with van der Waals surface area (Å²) in [6.07, 6.45) is 0. The average molecular weight is 205 g/mol. The van der Waals surface area contributed by atoms with Gasteiger partial charge in [0.25, 0.3) is 0 Å². The Kier molecular flexibility index (Phi) is 7.37. The number of nitrogens with zero attached hydrogens (tertiary/aromatic N) is 1. The Bertz CT molecular complexity index is 161. The van der Waals surface area contributed by atoms with Gasteiger partial charge in [0.15, 0.2) is 0 Å². The van der Waals surface area contributed by atoms with Crippen molar-refractivity contribution in [2.45, 2.75) is 19.9 Å². The molecule has 0 amide bonds. The number of ether oxygens (including phenoxy) is 1. The van der Waals surface area contributed by atoms with E-state index in [0.29, 0.717) is 19.8 Å². The van der Waals surface area contributed by atoms with Crippen LogP contribution in [0.5, 0.6) is 0 Å². The number of carbonyl (C=O) groups is 1. The summed E-state index contributed by atoms with van der Waals surface area (Å²) in [4.78, 5) is 12.3. The maximum atomic E-state index is 10.5. The fourth-order valence-corrected chi connectivity index (χ4v) is 1.04. The molecule has 0 radical (unpaired) electrons. The van der Waals surface area contributed by atoms with Crippen molar-refractivity contribution in [1.82, 2.24) is 4.90 Å². The second kappa shape index (κ2) is 7.73. The quantitative estimate of drug-likeness (QED) is 0.537. The van der Waals surface area contributed by atoms with Crippen LogP contribution < -0.4 is 0 Å². The average Bonchev–Trinajstić information content (AvgIpc) is 2.09. The Labute approximate surface area is 84.3 Å². The zero-order chi connectivity index (χ0) is 11.0. The number of aliphatic hydroxyl groups is 1. The maximum Gasteiger partial charge on any atom is 0.317 e. The Morgan fingerprint density at radius 3 is 2.50 bits per heavy atom. The number of hydrogen-bond acceptors (Lipinski definition) is 4. The molecule has 0 saturated heterocycles. The molecular weight excluding hydrogens is 186 g/mol. The van der Waals surface area contributed by atoms with E-state index < -0.39 is 5.97 Å². The second-order valence-corrected chi connectivity index (χ2v) is 3.29. The lowest BCUT2D eigenvalue weighted by Crippen LogP contribution is -2.38. The van der Waals surface area contributed by atoms with Gasteiger partial charge >= 0.3 is 5.97 Å². The van der Waals surface area contributed by atoms with Gasteiger partial charge in [-0.3, -0.25) is 9.69 Å². The first-order chi connectivity index (χ1) is 6.57. The van der Waals surface area contributed by atoms with Crippen molar-refractivity contribution in [2.75, 3.05) is 32.9 Å². The molecule has 5 heteroatoms. The maximum absolute atomic E-state index is 10.5. The fraction of sp³-hybridized carbons (Fsp3) is 0.889. The van der Waals surface area contributed by atoms with E-state index in [9.17, 15) is 4.79 Å². The van der Waals surface area contributed by atoms with E-state index in [1.165, 1.54) is 0 Å². The second-order valence-electron chi connectivity index (χ2n) is 3.29. The number of rotatable bonds is 8. The van der Waals surface area contributed by atoms with E-state index in [-0.39, 0.29) is 19.2 Å². The Morgan fingerprint density at radius 1 is 1.43 bits per heavy atom. The molecule has 0 aliphatic carbocycles. The number of carboxylic acid groups (broad SMARTS) is 1. The molecule has 84 valence electrons. The largest absolute Gasteiger partial charge is 0.480 e. The molecule has 0 unspecified atom stereocenters. The lowest BCUT2D eigenvalue weighted by atomic mass is 10.3. The number of aliphatic hydroxyl groups excluding tert-OH is 1. The van der Waals surface area contributed by atoms with E-state index in [1.54, 1.807) is 4.90 Å². The van der Waals surface area contributed by atoms with Crippen molar-refractivity contribution in [1.29, 1.82) is 0 Å². The zero-order valence-electron chi connectivity index (χ0n) is 8.77. The summed E-state index contributed by atoms with van der Waals surface area (Å²) in [5.74, 6) is -0.833. The van der Waals surface area contributed by atoms with Crippen LogP contribution in [0.2, 0.25) is 0 Å². The fourth-order valence-electron chi connectivity index (χ4n) is 1.04. The van der Waals surface area contributed by atoms with Crippen LogP contribution >= 0.6 is 0 Å². The molecule has 2 N–H and O–H groups in total. The summed E-state index contributed by atoms with van der Waals surface area (Å²) in [5, 5.41) is 17.1. The summed E-state index contributed by atoms with van der Waals surface area (Å²) in [6, 6.07) is 0.184. The molecule has 0 aromatic carbocycles. The molecule has 0 atom stereocenters. The van der Waals surface area contributed by atoms with E-state index >= 15 is 0 Å². The minimum Gasteiger partial charge on any atom is -0.480 e. The summed E-state index contributed by atoms with van der Waals surface area (Å²) in [7, 11) is 0. The third-order valence-corrected chi connectivity index (χ3v) is 1.83. The van der Waals surface area contributed by atoms with Crippen molar-refractivity contribution in [2.24, 2.45) is 0 Å². The number of carboxylic acids is 1. The zero-order valence-corrected chi connectivity index (χ0v) is 8.77. The molecule has 0 aromatic heterocycles. The molecule has 5 nitrogen and oxygen atoms in total. The van der Waals surface area contributed by atoms with E-state index in [0.717, 1.165) is 0 Å². The molecule has 0 fully saturated rings. The van der Waals surface area contributed by atoms with Gasteiger partial charge in [-0.1, -0.05) is 0 Å². The minimum atomic E-state index is -0.833. The predicted molar refractivity (Wildman–Crippen MR) is 52.2 cm³/mol. The van der Waals surface area contributed by atoms with Crippen molar-refractivity contribution >= 4 is 5.97 Å². The van der Waals surface area contributed by atoms with Crippen LogP contribution in [0, 0.1) is 0 Å². The molecule has 0 aromatic rings. The van der Waals surface area contributed by atoms with Crippen LogP contribution in [0.3, 0.4) is 0 Å². The Balaban J connectivity index is 3.68. The highest BCUT2D eigenvalue weighted by Crippen LogP contribution is 1.97. The summed E-state index contributed by atoms with van der Waals surface area (Å²) in [5.41, 5.74) is 0. The molecule has 0 spiro atoms. The van der Waals surface area contributed by atoms with Crippen LogP contribution in [-0.2, 0) is 9.53 Å². The highest BCUT2D eigenvalue weighted by Gasteiger charge is 2.12. The van der Waals surface area contributed by atoms with E-state index in [4.69, 9.17) is 14.9 Å². The van der Waals surface area contributed by atoms with Gasteiger partial charge in [0, 0.05) is 12.6 Å².